The minimum atomic E-state index is -0.724. The molecule has 1 saturated carbocycles. The number of nitrogens with zero attached hydrogens (tertiary/aromatic N) is 1. The molecule has 3 rings (SSSR count). The van der Waals surface area contributed by atoms with Crippen LogP contribution in [0.2, 0.25) is 0 Å². The molecule has 6 nitrogen and oxygen atoms in total. The van der Waals surface area contributed by atoms with Crippen molar-refractivity contribution in [3.8, 4) is 0 Å². The predicted molar refractivity (Wildman–Crippen MR) is 129 cm³/mol. The number of methoxy groups -OCH3 is 1. The Bertz CT molecular complexity index is 872. The summed E-state index contributed by atoms with van der Waals surface area (Å²) in [6, 6.07) is 8.77. The van der Waals surface area contributed by atoms with Gasteiger partial charge in [0.15, 0.2) is 0 Å². The van der Waals surface area contributed by atoms with E-state index in [4.69, 9.17) is 9.47 Å². The lowest BCUT2D eigenvalue weighted by molar-refractivity contribution is -0.158. The molecule has 1 spiro atoms. The summed E-state index contributed by atoms with van der Waals surface area (Å²) >= 11 is 1.52. The van der Waals surface area contributed by atoms with E-state index in [0.717, 1.165) is 37.7 Å². The molecule has 0 bridgehead atoms. The number of rotatable bonds is 8. The van der Waals surface area contributed by atoms with Gasteiger partial charge in [0.25, 0.3) is 0 Å². The number of hydrogen-bond donors (Lipinski definition) is 0. The van der Waals surface area contributed by atoms with Gasteiger partial charge in [0.1, 0.15) is 12.6 Å². The van der Waals surface area contributed by atoms with Crippen molar-refractivity contribution >= 4 is 29.6 Å². The lowest BCUT2D eigenvalue weighted by Crippen LogP contribution is -2.53. The molecule has 0 N–H and O–H groups in total. The molecule has 0 radical (unpaired) electrons. The molecule has 2 atom stereocenters. The number of carbonyl (C=O) groups is 3. The summed E-state index contributed by atoms with van der Waals surface area (Å²) in [6.07, 6.45) is 6.70. The second-order valence-electron chi connectivity index (χ2n) is 9.30. The van der Waals surface area contributed by atoms with Crippen LogP contribution in [-0.2, 0) is 30.5 Å². The zero-order valence-corrected chi connectivity index (χ0v) is 20.9. The van der Waals surface area contributed by atoms with Crippen LogP contribution in [0.15, 0.2) is 42.0 Å². The molecule has 180 valence electrons. The van der Waals surface area contributed by atoms with Crippen LogP contribution < -0.4 is 0 Å². The molecule has 1 amide bonds. The van der Waals surface area contributed by atoms with Crippen LogP contribution in [0, 0.1) is 5.92 Å². The minimum absolute atomic E-state index is 0.0140. The quantitative estimate of drug-likeness (QED) is 0.396. The fourth-order valence-corrected chi connectivity index (χ4v) is 6.28. The van der Waals surface area contributed by atoms with Crippen LogP contribution in [0.1, 0.15) is 64.9 Å². The Morgan fingerprint density at radius 2 is 1.85 bits per heavy atom. The van der Waals surface area contributed by atoms with Crippen LogP contribution in [-0.4, -0.2) is 46.0 Å². The molecule has 1 heterocycles. The van der Waals surface area contributed by atoms with Gasteiger partial charge in [-0.2, -0.15) is 0 Å². The Balaban J connectivity index is 1.76. The largest absolute Gasteiger partial charge is 0.469 e. The van der Waals surface area contributed by atoms with Crippen molar-refractivity contribution in [3.63, 3.8) is 0 Å². The molecule has 1 aliphatic heterocycles. The third kappa shape index (κ3) is 6.19. The Morgan fingerprint density at radius 3 is 2.45 bits per heavy atom. The fourth-order valence-electron chi connectivity index (χ4n) is 4.52. The second kappa shape index (κ2) is 11.2. The zero-order chi connectivity index (χ0) is 24.0. The van der Waals surface area contributed by atoms with Crippen LogP contribution in [0.3, 0.4) is 0 Å². The summed E-state index contributed by atoms with van der Waals surface area (Å²) in [5, 5.41) is -0.539. The fraction of sp³-hybridized carbons (Fsp3) is 0.577. The van der Waals surface area contributed by atoms with Crippen LogP contribution in [0.4, 0.5) is 0 Å². The van der Waals surface area contributed by atoms with E-state index in [0.29, 0.717) is 5.92 Å². The highest BCUT2D eigenvalue weighted by Crippen LogP contribution is 2.53. The maximum atomic E-state index is 13.4. The first-order valence-corrected chi connectivity index (χ1v) is 12.6. The van der Waals surface area contributed by atoms with E-state index in [1.807, 2.05) is 30.3 Å². The SMILES string of the molecule is COC(=O)CC1SC2(CCC(=CCC(C)C)CC2)N(C(C)C(=O)OCc2ccccc2)C1=O. The molecular formula is C26H35NO5S. The van der Waals surface area contributed by atoms with Crippen molar-refractivity contribution < 1.29 is 23.9 Å². The topological polar surface area (TPSA) is 72.9 Å². The van der Waals surface area contributed by atoms with E-state index in [2.05, 4.69) is 19.9 Å². The predicted octanol–water partition coefficient (Wildman–Crippen LogP) is 4.87. The number of benzene rings is 1. The summed E-state index contributed by atoms with van der Waals surface area (Å²) < 4.78 is 10.4. The number of hydrogen-bond acceptors (Lipinski definition) is 6. The minimum Gasteiger partial charge on any atom is -0.469 e. The van der Waals surface area contributed by atoms with E-state index in [1.54, 1.807) is 11.8 Å². The number of thioether (sulfide) groups is 1. The van der Waals surface area contributed by atoms with Crippen molar-refractivity contribution in [1.82, 2.24) is 4.90 Å². The zero-order valence-electron chi connectivity index (χ0n) is 20.0. The van der Waals surface area contributed by atoms with E-state index in [9.17, 15) is 14.4 Å². The Hall–Kier alpha value is -2.28. The molecule has 0 aromatic heterocycles. The number of ether oxygens (including phenoxy) is 2. The monoisotopic (exact) mass is 473 g/mol. The highest BCUT2D eigenvalue weighted by molar-refractivity contribution is 8.02. The van der Waals surface area contributed by atoms with Gasteiger partial charge in [-0.25, -0.2) is 4.79 Å². The third-order valence-electron chi connectivity index (χ3n) is 6.40. The molecule has 2 fully saturated rings. The molecule has 33 heavy (non-hydrogen) atoms. The number of amides is 1. The third-order valence-corrected chi connectivity index (χ3v) is 8.09. The van der Waals surface area contributed by atoms with Crippen molar-refractivity contribution in [1.29, 1.82) is 0 Å². The van der Waals surface area contributed by atoms with Gasteiger partial charge < -0.3 is 14.4 Å². The number of allylic oxidation sites excluding steroid dienone is 2. The average Bonchev–Trinajstić information content (AvgIpc) is 3.07. The average molecular weight is 474 g/mol. The number of esters is 2. The van der Waals surface area contributed by atoms with E-state index >= 15 is 0 Å². The Labute approximate surface area is 201 Å². The maximum absolute atomic E-state index is 13.4. The van der Waals surface area contributed by atoms with Gasteiger partial charge in [-0.15, -0.1) is 11.8 Å². The van der Waals surface area contributed by atoms with Gasteiger partial charge in [-0.1, -0.05) is 55.8 Å². The normalized spacial score (nSPS) is 23.7. The molecule has 1 aliphatic carbocycles. The van der Waals surface area contributed by atoms with Crippen molar-refractivity contribution in [3.05, 3.63) is 47.5 Å². The first kappa shape index (κ1) is 25.3. The summed E-state index contributed by atoms with van der Waals surface area (Å²) in [6.45, 7) is 6.31. The van der Waals surface area contributed by atoms with Gasteiger partial charge >= 0.3 is 11.9 Å². The van der Waals surface area contributed by atoms with Crippen LogP contribution in [0.25, 0.3) is 0 Å². The lowest BCUT2D eigenvalue weighted by Gasteiger charge is -2.43. The first-order chi connectivity index (χ1) is 15.8. The molecular weight excluding hydrogens is 438 g/mol. The van der Waals surface area contributed by atoms with Crippen LogP contribution in [0.5, 0.6) is 0 Å². The Morgan fingerprint density at radius 1 is 1.18 bits per heavy atom. The molecule has 1 aromatic rings. The highest BCUT2D eigenvalue weighted by Gasteiger charge is 2.55. The molecule has 2 aliphatic rings. The van der Waals surface area contributed by atoms with Crippen molar-refractivity contribution in [2.45, 2.75) is 82.1 Å². The molecule has 1 aromatic carbocycles. The van der Waals surface area contributed by atoms with Gasteiger partial charge in [0, 0.05) is 0 Å². The van der Waals surface area contributed by atoms with Gasteiger partial charge in [-0.05, 0) is 50.5 Å². The standard InChI is InChI=1S/C26H35NO5S/c1-18(2)10-11-20-12-14-26(15-13-20)27(24(29)22(33-26)16-23(28)31-4)19(3)25(30)32-17-21-8-6-5-7-9-21/h5-9,11,18-19,22H,10,12-17H2,1-4H3. The van der Waals surface area contributed by atoms with Gasteiger partial charge in [0.05, 0.1) is 23.7 Å². The van der Waals surface area contributed by atoms with Crippen molar-refractivity contribution in [2.75, 3.05) is 7.11 Å². The molecule has 1 saturated heterocycles. The molecule has 7 heteroatoms. The lowest BCUT2D eigenvalue weighted by atomic mass is 9.87. The number of carbonyl (C=O) groups excluding carboxylic acids is 3. The summed E-state index contributed by atoms with van der Waals surface area (Å²) in [4.78, 5) is 39.5. The summed E-state index contributed by atoms with van der Waals surface area (Å²) in [5.74, 6) is -0.405. The van der Waals surface area contributed by atoms with Crippen molar-refractivity contribution in [2.24, 2.45) is 5.92 Å². The maximum Gasteiger partial charge on any atom is 0.328 e. The Kier molecular flexibility index (Phi) is 8.63. The summed E-state index contributed by atoms with van der Waals surface area (Å²) in [7, 11) is 1.33. The van der Waals surface area contributed by atoms with Gasteiger partial charge in [0.2, 0.25) is 5.91 Å². The van der Waals surface area contributed by atoms with E-state index in [-0.39, 0.29) is 18.9 Å². The summed E-state index contributed by atoms with van der Waals surface area (Å²) in [5.41, 5.74) is 2.31. The first-order valence-electron chi connectivity index (χ1n) is 11.7. The van der Waals surface area contributed by atoms with Gasteiger partial charge in [-0.3, -0.25) is 9.59 Å². The van der Waals surface area contributed by atoms with Crippen LogP contribution >= 0.6 is 11.8 Å². The second-order valence-corrected chi connectivity index (χ2v) is 10.9. The highest BCUT2D eigenvalue weighted by atomic mass is 32.2. The molecule has 2 unspecified atom stereocenters. The smallest absolute Gasteiger partial charge is 0.328 e. The van der Waals surface area contributed by atoms with E-state index in [1.165, 1.54) is 24.4 Å². The van der Waals surface area contributed by atoms with E-state index < -0.39 is 28.1 Å².